The molecule has 84 valence electrons. The van der Waals surface area contributed by atoms with Crippen LogP contribution in [0.4, 0.5) is 0 Å². The molecule has 3 nitrogen and oxygen atoms in total. The second-order valence-electron chi connectivity index (χ2n) is 3.74. The van der Waals surface area contributed by atoms with Crippen LogP contribution in [0.25, 0.3) is 0 Å². The second-order valence-corrected chi connectivity index (χ2v) is 5.46. The van der Waals surface area contributed by atoms with Crippen molar-refractivity contribution < 1.29 is 8.42 Å². The summed E-state index contributed by atoms with van der Waals surface area (Å²) in [7, 11) is -3.34. The average molecular weight is 227 g/mol. The molecule has 0 aliphatic carbocycles. The van der Waals surface area contributed by atoms with Gasteiger partial charge < -0.3 is 0 Å². The van der Waals surface area contributed by atoms with Crippen LogP contribution in [0.15, 0.2) is 29.2 Å². The van der Waals surface area contributed by atoms with E-state index in [1.807, 2.05) is 20.8 Å². The van der Waals surface area contributed by atoms with E-state index in [0.29, 0.717) is 4.90 Å². The lowest BCUT2D eigenvalue weighted by atomic mass is 10.2. The van der Waals surface area contributed by atoms with Gasteiger partial charge >= 0.3 is 0 Å². The Morgan fingerprint density at radius 2 is 1.80 bits per heavy atom. The maximum atomic E-state index is 11.8. The fourth-order valence-corrected chi connectivity index (χ4v) is 2.46. The number of rotatable bonds is 4. The normalized spacial score (nSPS) is 13.8. The number of aryl methyl sites for hydroxylation is 1. The fraction of sp³-hybridized carbons (Fsp3) is 0.455. The van der Waals surface area contributed by atoms with Crippen LogP contribution in [0.3, 0.4) is 0 Å². The second kappa shape index (κ2) is 4.77. The minimum absolute atomic E-state index is 0.0312. The van der Waals surface area contributed by atoms with Gasteiger partial charge in [0, 0.05) is 6.04 Å². The monoisotopic (exact) mass is 227 g/mol. The predicted octanol–water partition coefficient (Wildman–Crippen LogP) is 2.07. The number of hydrogen-bond donors (Lipinski definition) is 1. The SMILES string of the molecule is CC[C@H](C)NS(=O)(=O)c1ccc(C)cc1. The maximum Gasteiger partial charge on any atom is 0.240 e. The molecule has 0 saturated carbocycles. The van der Waals surface area contributed by atoms with Crippen LogP contribution in [0.1, 0.15) is 25.8 Å². The lowest BCUT2D eigenvalue weighted by molar-refractivity contribution is 0.556. The molecule has 1 N–H and O–H groups in total. The van der Waals surface area contributed by atoms with E-state index in [-0.39, 0.29) is 6.04 Å². The lowest BCUT2D eigenvalue weighted by Gasteiger charge is -2.11. The Bertz CT molecular complexity index is 409. The van der Waals surface area contributed by atoms with Crippen LogP contribution < -0.4 is 4.72 Å². The van der Waals surface area contributed by atoms with Crippen LogP contribution >= 0.6 is 0 Å². The first-order valence-electron chi connectivity index (χ1n) is 5.04. The zero-order valence-corrected chi connectivity index (χ0v) is 10.1. The zero-order chi connectivity index (χ0) is 11.5. The summed E-state index contributed by atoms with van der Waals surface area (Å²) in [5.74, 6) is 0. The molecule has 0 bridgehead atoms. The van der Waals surface area contributed by atoms with Crippen LogP contribution in [0.2, 0.25) is 0 Å². The minimum Gasteiger partial charge on any atom is -0.208 e. The zero-order valence-electron chi connectivity index (χ0n) is 9.32. The summed E-state index contributed by atoms with van der Waals surface area (Å²) < 4.78 is 26.2. The molecule has 0 saturated heterocycles. The third-order valence-corrected chi connectivity index (χ3v) is 3.91. The van der Waals surface area contributed by atoms with E-state index < -0.39 is 10.0 Å². The van der Waals surface area contributed by atoms with Gasteiger partial charge in [-0.3, -0.25) is 0 Å². The Morgan fingerprint density at radius 3 is 2.27 bits per heavy atom. The summed E-state index contributed by atoms with van der Waals surface area (Å²) in [5.41, 5.74) is 1.05. The number of hydrogen-bond acceptors (Lipinski definition) is 2. The van der Waals surface area contributed by atoms with E-state index >= 15 is 0 Å². The Labute approximate surface area is 91.6 Å². The molecule has 0 spiro atoms. The molecule has 15 heavy (non-hydrogen) atoms. The molecule has 0 unspecified atom stereocenters. The highest BCUT2D eigenvalue weighted by Crippen LogP contribution is 2.10. The third-order valence-electron chi connectivity index (χ3n) is 2.30. The molecule has 0 aliphatic heterocycles. The molecular weight excluding hydrogens is 210 g/mol. The van der Waals surface area contributed by atoms with Gasteiger partial charge in [-0.2, -0.15) is 0 Å². The first kappa shape index (κ1) is 12.2. The van der Waals surface area contributed by atoms with Crippen LogP contribution in [-0.4, -0.2) is 14.5 Å². The summed E-state index contributed by atoms with van der Waals surface area (Å²) in [6.07, 6.45) is 0.783. The summed E-state index contributed by atoms with van der Waals surface area (Å²) in [6.45, 7) is 5.73. The summed E-state index contributed by atoms with van der Waals surface area (Å²) in [4.78, 5) is 0.327. The average Bonchev–Trinajstić information content (AvgIpc) is 2.17. The summed E-state index contributed by atoms with van der Waals surface area (Å²) >= 11 is 0. The van der Waals surface area contributed by atoms with Crippen molar-refractivity contribution in [2.45, 2.75) is 38.1 Å². The maximum absolute atomic E-state index is 11.8. The van der Waals surface area contributed by atoms with Crippen molar-refractivity contribution in [2.75, 3.05) is 0 Å². The molecule has 1 aromatic rings. The number of nitrogens with one attached hydrogen (secondary N) is 1. The highest BCUT2D eigenvalue weighted by atomic mass is 32.2. The van der Waals surface area contributed by atoms with Gasteiger partial charge in [0.2, 0.25) is 10.0 Å². The minimum atomic E-state index is -3.34. The van der Waals surface area contributed by atoms with Gasteiger partial charge in [-0.1, -0.05) is 24.6 Å². The molecule has 0 aromatic heterocycles. The molecule has 1 atom stereocenters. The van der Waals surface area contributed by atoms with Gasteiger partial charge in [0.1, 0.15) is 0 Å². The molecule has 1 rings (SSSR count). The van der Waals surface area contributed by atoms with Crippen molar-refractivity contribution in [1.29, 1.82) is 0 Å². The van der Waals surface area contributed by atoms with E-state index in [1.54, 1.807) is 24.3 Å². The van der Waals surface area contributed by atoms with Crippen molar-refractivity contribution in [3.05, 3.63) is 29.8 Å². The topological polar surface area (TPSA) is 46.2 Å². The van der Waals surface area contributed by atoms with Crippen molar-refractivity contribution in [3.8, 4) is 0 Å². The Balaban J connectivity index is 2.91. The van der Waals surface area contributed by atoms with E-state index in [1.165, 1.54) is 0 Å². The van der Waals surface area contributed by atoms with Gasteiger partial charge in [-0.05, 0) is 32.4 Å². The van der Waals surface area contributed by atoms with Crippen LogP contribution in [-0.2, 0) is 10.0 Å². The van der Waals surface area contributed by atoms with Gasteiger partial charge in [-0.15, -0.1) is 0 Å². The van der Waals surface area contributed by atoms with Crippen molar-refractivity contribution in [2.24, 2.45) is 0 Å². The number of sulfonamides is 1. The third kappa shape index (κ3) is 3.32. The quantitative estimate of drug-likeness (QED) is 0.856. The smallest absolute Gasteiger partial charge is 0.208 e. The molecule has 0 amide bonds. The van der Waals surface area contributed by atoms with Crippen molar-refractivity contribution >= 4 is 10.0 Å². The fourth-order valence-electron chi connectivity index (χ4n) is 1.13. The van der Waals surface area contributed by atoms with Crippen molar-refractivity contribution in [3.63, 3.8) is 0 Å². The van der Waals surface area contributed by atoms with E-state index in [0.717, 1.165) is 12.0 Å². The molecule has 0 aliphatic rings. The Kier molecular flexibility index (Phi) is 3.88. The molecule has 0 radical (unpaired) electrons. The Hall–Kier alpha value is -0.870. The van der Waals surface area contributed by atoms with Gasteiger partial charge in [0.25, 0.3) is 0 Å². The van der Waals surface area contributed by atoms with E-state index in [9.17, 15) is 8.42 Å². The highest BCUT2D eigenvalue weighted by Gasteiger charge is 2.15. The summed E-state index contributed by atoms with van der Waals surface area (Å²) in [5, 5.41) is 0. The Morgan fingerprint density at radius 1 is 1.27 bits per heavy atom. The standard InChI is InChI=1S/C11H17NO2S/c1-4-10(3)12-15(13,14)11-7-5-9(2)6-8-11/h5-8,10,12H,4H2,1-3H3/t10-/m0/s1. The first-order valence-corrected chi connectivity index (χ1v) is 6.53. The summed E-state index contributed by atoms with van der Waals surface area (Å²) in [6, 6.07) is 6.81. The highest BCUT2D eigenvalue weighted by molar-refractivity contribution is 7.89. The molecule has 1 aromatic carbocycles. The van der Waals surface area contributed by atoms with Gasteiger partial charge in [0.15, 0.2) is 0 Å². The molecule has 4 heteroatoms. The van der Waals surface area contributed by atoms with Gasteiger partial charge in [-0.25, -0.2) is 13.1 Å². The largest absolute Gasteiger partial charge is 0.240 e. The van der Waals surface area contributed by atoms with E-state index in [4.69, 9.17) is 0 Å². The van der Waals surface area contributed by atoms with Crippen molar-refractivity contribution in [1.82, 2.24) is 4.72 Å². The van der Waals surface area contributed by atoms with Crippen LogP contribution in [0, 0.1) is 6.92 Å². The predicted molar refractivity (Wildman–Crippen MR) is 61.3 cm³/mol. The number of benzene rings is 1. The molecule has 0 fully saturated rings. The first-order chi connectivity index (χ1) is 6.95. The molecular formula is C11H17NO2S. The van der Waals surface area contributed by atoms with E-state index in [2.05, 4.69) is 4.72 Å². The van der Waals surface area contributed by atoms with Crippen LogP contribution in [0.5, 0.6) is 0 Å². The molecule has 0 heterocycles. The lowest BCUT2D eigenvalue weighted by Crippen LogP contribution is -2.31. The van der Waals surface area contributed by atoms with Gasteiger partial charge in [0.05, 0.1) is 4.90 Å².